The summed E-state index contributed by atoms with van der Waals surface area (Å²) in [6.45, 7) is 19.3. The van der Waals surface area contributed by atoms with Crippen LogP contribution in [0.2, 0.25) is 0 Å². The van der Waals surface area contributed by atoms with Gasteiger partial charge in [-0.2, -0.15) is 18.4 Å². The fourth-order valence-corrected chi connectivity index (χ4v) is 9.49. The first-order valence-corrected chi connectivity index (χ1v) is 21.9. The Balaban J connectivity index is 0.000000221. The molecule has 0 unspecified atom stereocenters. The standard InChI is InChI=1S/C22H29F3N4OS.C22H35N3O/c23-22(24,25)31-20-3-1-2-19(16-20)29-14-12-28(13-15-29)11-9-17-4-6-18(7-5-17)27-21(30)8-10-26;1-18-14-19(2)16-22(15-18)25-12-10-23(11-13-25)7-4-21-5-8-24(9-6-21)17-20(3)26/h1-3,16-18H,4-9,11-15H2,(H,27,30);14-16,21H,4-13,17H2,1-3H3. The number of thioether (sulfide) groups is 1. The largest absolute Gasteiger partial charge is 0.446 e. The van der Waals surface area contributed by atoms with E-state index in [4.69, 9.17) is 5.26 Å². The van der Waals surface area contributed by atoms with E-state index in [1.165, 1.54) is 61.8 Å². The van der Waals surface area contributed by atoms with Gasteiger partial charge < -0.3 is 15.1 Å². The van der Waals surface area contributed by atoms with Crippen molar-refractivity contribution in [2.24, 2.45) is 11.8 Å². The van der Waals surface area contributed by atoms with Gasteiger partial charge in [-0.1, -0.05) is 12.1 Å². The Hall–Kier alpha value is -3.31. The van der Waals surface area contributed by atoms with E-state index in [9.17, 15) is 22.8 Å². The normalized spacial score (nSPS) is 21.7. The van der Waals surface area contributed by atoms with E-state index in [1.807, 2.05) is 12.1 Å². The van der Waals surface area contributed by atoms with Crippen molar-refractivity contribution in [1.29, 1.82) is 5.26 Å². The summed E-state index contributed by atoms with van der Waals surface area (Å²) >= 11 is -0.0655. The number of hydrogen-bond donors (Lipinski definition) is 1. The van der Waals surface area contributed by atoms with Gasteiger partial charge in [-0.15, -0.1) is 0 Å². The number of alkyl halides is 3. The quantitative estimate of drug-likeness (QED) is 0.207. The topological polar surface area (TPSA) is 86.2 Å². The number of piperazine rings is 2. The Labute approximate surface area is 343 Å². The lowest BCUT2D eigenvalue weighted by atomic mass is 9.84. The molecule has 1 N–H and O–H groups in total. The smallest absolute Gasteiger partial charge is 0.369 e. The monoisotopic (exact) mass is 811 g/mol. The molecule has 9 nitrogen and oxygen atoms in total. The number of nitrogens with one attached hydrogen (secondary N) is 1. The number of benzene rings is 2. The zero-order chi connectivity index (χ0) is 40.8. The molecule has 1 saturated carbocycles. The zero-order valence-corrected chi connectivity index (χ0v) is 35.2. The maximum Gasteiger partial charge on any atom is 0.446 e. The van der Waals surface area contributed by atoms with Crippen LogP contribution in [0.1, 0.15) is 75.8 Å². The Bertz CT molecular complexity index is 1590. The number of anilines is 2. The molecule has 4 fully saturated rings. The molecule has 0 aromatic heterocycles. The van der Waals surface area contributed by atoms with E-state index >= 15 is 0 Å². The first-order valence-electron chi connectivity index (χ1n) is 21.1. The second kappa shape index (κ2) is 22.2. The molecule has 4 aliphatic rings. The molecule has 0 bridgehead atoms. The van der Waals surface area contributed by atoms with Gasteiger partial charge >= 0.3 is 5.51 Å². The number of nitriles is 1. The minimum Gasteiger partial charge on any atom is -0.369 e. The maximum atomic E-state index is 12.6. The molecule has 3 heterocycles. The Kier molecular flexibility index (Phi) is 17.4. The van der Waals surface area contributed by atoms with Crippen LogP contribution < -0.4 is 15.1 Å². The highest BCUT2D eigenvalue weighted by atomic mass is 32.2. The van der Waals surface area contributed by atoms with E-state index in [1.54, 1.807) is 19.1 Å². The van der Waals surface area contributed by atoms with Gasteiger partial charge in [0.2, 0.25) is 5.91 Å². The van der Waals surface area contributed by atoms with Crippen molar-refractivity contribution in [2.75, 3.05) is 94.9 Å². The van der Waals surface area contributed by atoms with Crippen LogP contribution in [0, 0.1) is 37.0 Å². The lowest BCUT2D eigenvalue weighted by Crippen LogP contribution is -2.47. The molecule has 0 radical (unpaired) electrons. The third-order valence-corrected chi connectivity index (χ3v) is 12.8. The predicted molar refractivity (Wildman–Crippen MR) is 225 cm³/mol. The summed E-state index contributed by atoms with van der Waals surface area (Å²) < 4.78 is 37.9. The van der Waals surface area contributed by atoms with Crippen LogP contribution in [0.5, 0.6) is 0 Å². The molecule has 0 spiro atoms. The molecule has 1 aliphatic carbocycles. The van der Waals surface area contributed by atoms with Gasteiger partial charge in [0.25, 0.3) is 0 Å². The molecule has 2 aromatic rings. The lowest BCUT2D eigenvalue weighted by Gasteiger charge is -2.37. The maximum absolute atomic E-state index is 12.6. The van der Waals surface area contributed by atoms with Crippen molar-refractivity contribution in [3.63, 3.8) is 0 Å². The third-order valence-electron chi connectivity index (χ3n) is 12.0. The molecular weight excluding hydrogens is 748 g/mol. The fraction of sp³-hybridized carbons (Fsp3) is 0.659. The number of piperidine rings is 1. The molecule has 314 valence electrons. The van der Waals surface area contributed by atoms with Crippen molar-refractivity contribution in [1.82, 2.24) is 20.0 Å². The van der Waals surface area contributed by atoms with E-state index in [0.717, 1.165) is 103 Å². The van der Waals surface area contributed by atoms with Crippen molar-refractivity contribution in [3.8, 4) is 6.07 Å². The summed E-state index contributed by atoms with van der Waals surface area (Å²) in [5.41, 5.74) is 0.696. The van der Waals surface area contributed by atoms with E-state index < -0.39 is 5.51 Å². The number of aryl methyl sites for hydroxylation is 2. The molecular formula is C44H64F3N7O2S. The van der Waals surface area contributed by atoms with Crippen LogP contribution in [0.15, 0.2) is 47.4 Å². The first kappa shape index (κ1) is 44.8. The average Bonchev–Trinajstić information content (AvgIpc) is 3.17. The van der Waals surface area contributed by atoms with Crippen molar-refractivity contribution in [3.05, 3.63) is 53.6 Å². The lowest BCUT2D eigenvalue weighted by molar-refractivity contribution is -0.121. The molecule has 13 heteroatoms. The molecule has 3 aliphatic heterocycles. The highest BCUT2D eigenvalue weighted by molar-refractivity contribution is 8.00. The number of ketones is 1. The number of amides is 1. The highest BCUT2D eigenvalue weighted by Gasteiger charge is 2.30. The van der Waals surface area contributed by atoms with Crippen molar-refractivity contribution >= 4 is 34.8 Å². The third kappa shape index (κ3) is 15.8. The first-order chi connectivity index (χ1) is 27.3. The number of rotatable bonds is 13. The number of carbonyl (C=O) groups excluding carboxylic acids is 2. The number of hydrogen-bond acceptors (Lipinski definition) is 9. The van der Waals surface area contributed by atoms with Gasteiger partial charge in [-0.3, -0.25) is 24.3 Å². The Morgan fingerprint density at radius 2 is 1.28 bits per heavy atom. The van der Waals surface area contributed by atoms with E-state index in [0.29, 0.717) is 18.2 Å². The van der Waals surface area contributed by atoms with E-state index in [2.05, 4.69) is 61.9 Å². The summed E-state index contributed by atoms with van der Waals surface area (Å²) in [5, 5.41) is 11.5. The molecule has 57 heavy (non-hydrogen) atoms. The number of nitrogens with zero attached hydrogens (tertiary/aromatic N) is 6. The van der Waals surface area contributed by atoms with Gasteiger partial charge in [0, 0.05) is 74.7 Å². The SMILES string of the molecule is CC(=O)CN1CCC(CCN2CCN(c3cc(C)cc(C)c3)CC2)CC1.N#CCC(=O)NC1CCC(CCN2CCN(c3cccc(SC(F)(F)F)c3)CC2)CC1. The van der Waals surface area contributed by atoms with Crippen LogP contribution in [-0.4, -0.2) is 123 Å². The average molecular weight is 812 g/mol. The second-order valence-corrected chi connectivity index (χ2v) is 17.8. The molecule has 3 saturated heterocycles. The van der Waals surface area contributed by atoms with Crippen LogP contribution in [0.3, 0.4) is 0 Å². The number of carbonyl (C=O) groups is 2. The summed E-state index contributed by atoms with van der Waals surface area (Å²) in [6, 6.07) is 15.7. The van der Waals surface area contributed by atoms with Crippen LogP contribution in [-0.2, 0) is 9.59 Å². The molecule has 0 atom stereocenters. The van der Waals surface area contributed by atoms with Crippen molar-refractivity contribution < 1.29 is 22.8 Å². The van der Waals surface area contributed by atoms with Gasteiger partial charge in [-0.25, -0.2) is 0 Å². The van der Waals surface area contributed by atoms with Gasteiger partial charge in [-0.05, 0) is 163 Å². The summed E-state index contributed by atoms with van der Waals surface area (Å²) in [4.78, 5) is 35.1. The van der Waals surface area contributed by atoms with Crippen LogP contribution in [0.4, 0.5) is 24.5 Å². The molecule has 1 amide bonds. The van der Waals surface area contributed by atoms with Crippen LogP contribution in [0.25, 0.3) is 0 Å². The summed E-state index contributed by atoms with van der Waals surface area (Å²) in [5.74, 6) is 1.63. The zero-order valence-electron chi connectivity index (χ0n) is 34.4. The van der Waals surface area contributed by atoms with Gasteiger partial charge in [0.15, 0.2) is 0 Å². The second-order valence-electron chi connectivity index (χ2n) is 16.7. The number of halogens is 3. The number of Topliss-reactive ketones (excluding diaryl/α,β-unsaturated/α-hetero) is 1. The Morgan fingerprint density at radius 3 is 1.81 bits per heavy atom. The summed E-state index contributed by atoms with van der Waals surface area (Å²) in [6.07, 6.45) is 9.04. The predicted octanol–water partition coefficient (Wildman–Crippen LogP) is 7.52. The molecule has 2 aromatic carbocycles. The summed E-state index contributed by atoms with van der Waals surface area (Å²) in [7, 11) is 0. The minimum absolute atomic E-state index is 0.0655. The van der Waals surface area contributed by atoms with Gasteiger partial charge in [0.05, 0.1) is 12.6 Å². The van der Waals surface area contributed by atoms with E-state index in [-0.39, 0.29) is 35.0 Å². The minimum atomic E-state index is -4.27. The van der Waals surface area contributed by atoms with Gasteiger partial charge in [0.1, 0.15) is 12.2 Å². The Morgan fingerprint density at radius 1 is 0.737 bits per heavy atom. The fourth-order valence-electron chi connectivity index (χ4n) is 8.89. The van der Waals surface area contributed by atoms with Crippen molar-refractivity contribution in [2.45, 2.75) is 95.0 Å². The molecule has 6 rings (SSSR count). The number of likely N-dealkylation sites (tertiary alicyclic amines) is 1. The highest BCUT2D eigenvalue weighted by Crippen LogP contribution is 2.38. The van der Waals surface area contributed by atoms with Crippen LogP contribution >= 0.6 is 11.8 Å².